The molecule has 0 radical (unpaired) electrons. The fraction of sp³-hybridized carbons (Fsp3) is 0.667. The standard InChI is InChI=1S/C15H23NO3/c1-3-18-15(17)14-10-16(12(2)11-19-14)9-13-7-5-4-6-8-13/h4-7,12-14H,3,8-11H2,1-2H3. The summed E-state index contributed by atoms with van der Waals surface area (Å²) in [5.41, 5.74) is 0. The van der Waals surface area contributed by atoms with Gasteiger partial charge in [0.2, 0.25) is 0 Å². The lowest BCUT2D eigenvalue weighted by Crippen LogP contribution is -2.52. The van der Waals surface area contributed by atoms with Crippen LogP contribution in [0.4, 0.5) is 0 Å². The number of carbonyl (C=O) groups is 1. The molecule has 1 heterocycles. The van der Waals surface area contributed by atoms with Crippen LogP contribution >= 0.6 is 0 Å². The highest BCUT2D eigenvalue weighted by atomic mass is 16.6. The first kappa shape index (κ1) is 14.3. The maximum absolute atomic E-state index is 11.7. The van der Waals surface area contributed by atoms with Crippen molar-refractivity contribution in [2.24, 2.45) is 5.92 Å². The third-order valence-corrected chi connectivity index (χ3v) is 3.65. The molecule has 106 valence electrons. The molecule has 0 bridgehead atoms. The van der Waals surface area contributed by atoms with E-state index in [1.165, 1.54) is 0 Å². The summed E-state index contributed by atoms with van der Waals surface area (Å²) in [5, 5.41) is 0. The van der Waals surface area contributed by atoms with E-state index in [1.807, 2.05) is 6.92 Å². The molecule has 1 fully saturated rings. The zero-order chi connectivity index (χ0) is 13.7. The van der Waals surface area contributed by atoms with Crippen LogP contribution in [0, 0.1) is 5.92 Å². The van der Waals surface area contributed by atoms with Crippen molar-refractivity contribution in [3.8, 4) is 0 Å². The van der Waals surface area contributed by atoms with Gasteiger partial charge in [-0.3, -0.25) is 4.90 Å². The van der Waals surface area contributed by atoms with E-state index < -0.39 is 6.10 Å². The lowest BCUT2D eigenvalue weighted by molar-refractivity contribution is -0.165. The van der Waals surface area contributed by atoms with Crippen LogP contribution in [-0.2, 0) is 14.3 Å². The number of hydrogen-bond donors (Lipinski definition) is 0. The van der Waals surface area contributed by atoms with E-state index in [0.717, 1.165) is 13.0 Å². The topological polar surface area (TPSA) is 38.8 Å². The van der Waals surface area contributed by atoms with Crippen molar-refractivity contribution in [2.75, 3.05) is 26.3 Å². The first-order chi connectivity index (χ1) is 9.20. The molecule has 0 aromatic carbocycles. The van der Waals surface area contributed by atoms with Gasteiger partial charge in [0.15, 0.2) is 6.10 Å². The summed E-state index contributed by atoms with van der Waals surface area (Å²) in [6.07, 6.45) is 9.26. The molecule has 2 aliphatic rings. The Bertz CT molecular complexity index is 364. The molecule has 1 saturated heterocycles. The molecule has 1 aliphatic heterocycles. The van der Waals surface area contributed by atoms with E-state index in [2.05, 4.69) is 36.1 Å². The van der Waals surface area contributed by atoms with E-state index in [-0.39, 0.29) is 5.97 Å². The van der Waals surface area contributed by atoms with Gasteiger partial charge in [-0.25, -0.2) is 4.79 Å². The number of carbonyl (C=O) groups excluding carboxylic acids is 1. The summed E-state index contributed by atoms with van der Waals surface area (Å²) < 4.78 is 10.6. The molecule has 19 heavy (non-hydrogen) atoms. The molecule has 0 aromatic rings. The van der Waals surface area contributed by atoms with Gasteiger partial charge in [0.05, 0.1) is 13.2 Å². The third kappa shape index (κ3) is 3.91. The Hall–Kier alpha value is -1.13. The summed E-state index contributed by atoms with van der Waals surface area (Å²) >= 11 is 0. The average molecular weight is 265 g/mol. The number of rotatable bonds is 4. The van der Waals surface area contributed by atoms with Crippen molar-refractivity contribution in [1.29, 1.82) is 0 Å². The van der Waals surface area contributed by atoms with Crippen molar-refractivity contribution < 1.29 is 14.3 Å². The number of allylic oxidation sites excluding steroid dienone is 3. The molecule has 2 rings (SSSR count). The molecule has 0 N–H and O–H groups in total. The van der Waals surface area contributed by atoms with Gasteiger partial charge in [-0.2, -0.15) is 0 Å². The van der Waals surface area contributed by atoms with Crippen LogP contribution in [0.2, 0.25) is 0 Å². The van der Waals surface area contributed by atoms with Crippen LogP contribution in [0.5, 0.6) is 0 Å². The number of esters is 1. The van der Waals surface area contributed by atoms with Crippen LogP contribution in [0.15, 0.2) is 24.3 Å². The minimum Gasteiger partial charge on any atom is -0.464 e. The Morgan fingerprint density at radius 2 is 2.32 bits per heavy atom. The van der Waals surface area contributed by atoms with Crippen LogP contribution in [0.25, 0.3) is 0 Å². The van der Waals surface area contributed by atoms with Gasteiger partial charge >= 0.3 is 5.97 Å². The molecule has 1 aliphatic carbocycles. The molecule has 0 amide bonds. The summed E-state index contributed by atoms with van der Waals surface area (Å²) in [5.74, 6) is 0.298. The van der Waals surface area contributed by atoms with Gasteiger partial charge in [-0.1, -0.05) is 24.3 Å². The molecule has 3 unspecified atom stereocenters. The molecular weight excluding hydrogens is 242 g/mol. The van der Waals surface area contributed by atoms with Crippen LogP contribution < -0.4 is 0 Å². The largest absolute Gasteiger partial charge is 0.464 e. The molecular formula is C15H23NO3. The lowest BCUT2D eigenvalue weighted by Gasteiger charge is -2.38. The summed E-state index contributed by atoms with van der Waals surface area (Å²) in [4.78, 5) is 14.1. The third-order valence-electron chi connectivity index (χ3n) is 3.65. The van der Waals surface area contributed by atoms with Crippen molar-refractivity contribution in [3.05, 3.63) is 24.3 Å². The number of nitrogens with zero attached hydrogens (tertiary/aromatic N) is 1. The normalized spacial score (nSPS) is 31.4. The molecule has 0 spiro atoms. The Morgan fingerprint density at radius 1 is 1.47 bits per heavy atom. The van der Waals surface area contributed by atoms with E-state index >= 15 is 0 Å². The van der Waals surface area contributed by atoms with Crippen molar-refractivity contribution in [1.82, 2.24) is 4.90 Å². The predicted octanol–water partition coefficient (Wildman–Crippen LogP) is 1.77. The number of ether oxygens (including phenoxy) is 2. The highest BCUT2D eigenvalue weighted by molar-refractivity contribution is 5.75. The zero-order valence-electron chi connectivity index (χ0n) is 11.7. The fourth-order valence-electron chi connectivity index (χ4n) is 2.51. The quantitative estimate of drug-likeness (QED) is 0.726. The summed E-state index contributed by atoms with van der Waals surface area (Å²) in [7, 11) is 0. The van der Waals surface area contributed by atoms with Crippen LogP contribution in [0.1, 0.15) is 20.3 Å². The highest BCUT2D eigenvalue weighted by Crippen LogP contribution is 2.19. The second kappa shape index (κ2) is 6.87. The minimum atomic E-state index is -0.431. The van der Waals surface area contributed by atoms with Crippen molar-refractivity contribution >= 4 is 5.97 Å². The zero-order valence-corrected chi connectivity index (χ0v) is 11.7. The average Bonchev–Trinajstić information content (AvgIpc) is 2.42. The van der Waals surface area contributed by atoms with Gasteiger partial charge in [0.1, 0.15) is 0 Å². The monoisotopic (exact) mass is 265 g/mol. The van der Waals surface area contributed by atoms with Gasteiger partial charge in [-0.05, 0) is 26.2 Å². The molecule has 0 aromatic heterocycles. The fourth-order valence-corrected chi connectivity index (χ4v) is 2.51. The molecule has 0 saturated carbocycles. The van der Waals surface area contributed by atoms with E-state index in [0.29, 0.717) is 31.7 Å². The highest BCUT2D eigenvalue weighted by Gasteiger charge is 2.32. The summed E-state index contributed by atoms with van der Waals surface area (Å²) in [6, 6.07) is 0.352. The molecule has 4 nitrogen and oxygen atoms in total. The maximum Gasteiger partial charge on any atom is 0.336 e. The number of morpholine rings is 1. The van der Waals surface area contributed by atoms with Gasteiger partial charge < -0.3 is 9.47 Å². The van der Waals surface area contributed by atoms with Gasteiger partial charge in [0.25, 0.3) is 0 Å². The second-order valence-corrected chi connectivity index (χ2v) is 5.19. The predicted molar refractivity (Wildman–Crippen MR) is 73.8 cm³/mol. The van der Waals surface area contributed by atoms with Crippen LogP contribution in [0.3, 0.4) is 0 Å². The first-order valence-electron chi connectivity index (χ1n) is 7.06. The van der Waals surface area contributed by atoms with Gasteiger partial charge in [0, 0.05) is 19.1 Å². The Balaban J connectivity index is 1.89. The van der Waals surface area contributed by atoms with E-state index in [1.54, 1.807) is 0 Å². The second-order valence-electron chi connectivity index (χ2n) is 5.19. The Kier molecular flexibility index (Phi) is 5.16. The SMILES string of the molecule is CCOC(=O)C1CN(CC2C=CC=CC2)C(C)CO1. The Labute approximate surface area is 115 Å². The Morgan fingerprint density at radius 3 is 3.00 bits per heavy atom. The van der Waals surface area contributed by atoms with E-state index in [4.69, 9.17) is 9.47 Å². The smallest absolute Gasteiger partial charge is 0.336 e. The summed E-state index contributed by atoms with van der Waals surface area (Å²) in [6.45, 7) is 6.57. The van der Waals surface area contributed by atoms with E-state index in [9.17, 15) is 4.79 Å². The molecule has 3 atom stereocenters. The van der Waals surface area contributed by atoms with Gasteiger partial charge in [-0.15, -0.1) is 0 Å². The van der Waals surface area contributed by atoms with Crippen LogP contribution in [-0.4, -0.2) is 49.3 Å². The lowest BCUT2D eigenvalue weighted by atomic mass is 9.99. The minimum absolute atomic E-state index is 0.238. The van der Waals surface area contributed by atoms with Crippen molar-refractivity contribution in [3.63, 3.8) is 0 Å². The number of hydrogen-bond acceptors (Lipinski definition) is 4. The maximum atomic E-state index is 11.7. The van der Waals surface area contributed by atoms with Crippen molar-refractivity contribution in [2.45, 2.75) is 32.4 Å². The first-order valence-corrected chi connectivity index (χ1v) is 7.06. The molecule has 4 heteroatoms.